The van der Waals surface area contributed by atoms with E-state index in [1.165, 1.54) is 0 Å². The van der Waals surface area contributed by atoms with Gasteiger partial charge in [-0.25, -0.2) is 8.78 Å². The zero-order valence-corrected chi connectivity index (χ0v) is 13.5. The van der Waals surface area contributed by atoms with Gasteiger partial charge in [-0.05, 0) is 29.1 Å². The molecule has 3 aromatic rings. The van der Waals surface area contributed by atoms with E-state index in [1.807, 2.05) is 0 Å². The first-order valence-electron chi connectivity index (χ1n) is 7.40. The molecule has 2 nitrogen and oxygen atoms in total. The second-order valence-electron chi connectivity index (χ2n) is 5.27. The third-order valence-electron chi connectivity index (χ3n) is 3.77. The van der Waals surface area contributed by atoms with E-state index in [0.29, 0.717) is 10.6 Å². The van der Waals surface area contributed by atoms with Crippen LogP contribution in [0.2, 0.25) is 0 Å². The first-order chi connectivity index (χ1) is 11.6. The number of Topliss-reactive ketones (excluding diaryl/α,β-unsaturated/α-hetero) is 1. The minimum absolute atomic E-state index is 0.238. The summed E-state index contributed by atoms with van der Waals surface area (Å²) in [7, 11) is 0. The minimum Gasteiger partial charge on any atom is -0.364 e. The van der Waals surface area contributed by atoms with E-state index < -0.39 is 17.7 Å². The monoisotopic (exact) mass is 343 g/mol. The Morgan fingerprint density at radius 1 is 0.917 bits per heavy atom. The molecule has 5 heteroatoms. The van der Waals surface area contributed by atoms with Crippen molar-refractivity contribution < 1.29 is 13.6 Å². The largest absolute Gasteiger partial charge is 0.364 e. The highest BCUT2D eigenvalue weighted by atomic mass is 32.1. The average Bonchev–Trinajstić information content (AvgIpc) is 3.15. The average molecular weight is 343 g/mol. The third kappa shape index (κ3) is 2.95. The fourth-order valence-electron chi connectivity index (χ4n) is 2.59. The highest BCUT2D eigenvalue weighted by Crippen LogP contribution is 2.37. The van der Waals surface area contributed by atoms with Crippen molar-refractivity contribution in [3.05, 3.63) is 88.6 Å². The van der Waals surface area contributed by atoms with Gasteiger partial charge in [0.2, 0.25) is 5.78 Å². The standard InChI is InChI=1S/C19H15F2NOS/c20-18(21)19(14-8-3-1-4-9-14,17(23)16-12-7-13-24-16)22-15-10-5-2-6-11-15/h1-13,18,22H. The SMILES string of the molecule is O=C(c1cccs1)C(Nc1ccccc1)(c1ccccc1)C(F)F. The highest BCUT2D eigenvalue weighted by Gasteiger charge is 2.49. The fourth-order valence-corrected chi connectivity index (χ4v) is 3.32. The van der Waals surface area contributed by atoms with Gasteiger partial charge in [-0.2, -0.15) is 0 Å². The van der Waals surface area contributed by atoms with Gasteiger partial charge >= 0.3 is 0 Å². The maximum atomic E-state index is 14.3. The van der Waals surface area contributed by atoms with Gasteiger partial charge in [0.05, 0.1) is 4.88 Å². The summed E-state index contributed by atoms with van der Waals surface area (Å²) >= 11 is 1.16. The molecule has 0 spiro atoms. The Morgan fingerprint density at radius 2 is 1.54 bits per heavy atom. The van der Waals surface area contributed by atoms with Crippen LogP contribution in [0, 0.1) is 0 Å². The van der Waals surface area contributed by atoms with Gasteiger partial charge < -0.3 is 5.32 Å². The maximum absolute atomic E-state index is 14.3. The molecule has 1 N–H and O–H groups in total. The molecule has 0 amide bonds. The van der Waals surface area contributed by atoms with Gasteiger partial charge in [0.15, 0.2) is 5.54 Å². The smallest absolute Gasteiger partial charge is 0.272 e. The number of hydrogen-bond acceptors (Lipinski definition) is 3. The molecule has 0 radical (unpaired) electrons. The number of thiophene rings is 1. The zero-order chi connectivity index (χ0) is 17.0. The number of hydrogen-bond donors (Lipinski definition) is 1. The summed E-state index contributed by atoms with van der Waals surface area (Å²) < 4.78 is 28.6. The second-order valence-corrected chi connectivity index (χ2v) is 6.22. The second kappa shape index (κ2) is 6.93. The van der Waals surface area contributed by atoms with Gasteiger partial charge in [0.25, 0.3) is 6.43 Å². The van der Waals surface area contributed by atoms with Crippen LogP contribution in [0.1, 0.15) is 15.2 Å². The van der Waals surface area contributed by atoms with Crippen LogP contribution in [0.4, 0.5) is 14.5 Å². The number of nitrogens with one attached hydrogen (secondary N) is 1. The van der Waals surface area contributed by atoms with Crippen LogP contribution in [0.3, 0.4) is 0 Å². The lowest BCUT2D eigenvalue weighted by molar-refractivity contribution is 0.0492. The summed E-state index contributed by atoms with van der Waals surface area (Å²) in [6.45, 7) is 0. The van der Waals surface area contributed by atoms with Crippen molar-refractivity contribution >= 4 is 22.8 Å². The molecule has 0 saturated heterocycles. The van der Waals surface area contributed by atoms with E-state index in [2.05, 4.69) is 5.32 Å². The minimum atomic E-state index is -2.92. The maximum Gasteiger partial charge on any atom is 0.272 e. The van der Waals surface area contributed by atoms with Crippen molar-refractivity contribution in [1.82, 2.24) is 0 Å². The van der Waals surface area contributed by atoms with E-state index in [4.69, 9.17) is 0 Å². The Morgan fingerprint density at radius 3 is 2.08 bits per heavy atom. The molecule has 24 heavy (non-hydrogen) atoms. The summed E-state index contributed by atoms with van der Waals surface area (Å²) in [6.07, 6.45) is -2.92. The van der Waals surface area contributed by atoms with Crippen molar-refractivity contribution in [2.75, 3.05) is 5.32 Å². The summed E-state index contributed by atoms with van der Waals surface area (Å²) in [5.74, 6) is -0.637. The number of anilines is 1. The molecular weight excluding hydrogens is 328 g/mol. The summed E-state index contributed by atoms with van der Waals surface area (Å²) in [5.41, 5.74) is -1.43. The normalized spacial score (nSPS) is 13.5. The number of carbonyl (C=O) groups is 1. The number of ketones is 1. The molecule has 0 aliphatic rings. The van der Waals surface area contributed by atoms with Crippen molar-refractivity contribution in [1.29, 1.82) is 0 Å². The Hall–Kier alpha value is -2.53. The Kier molecular flexibility index (Phi) is 4.71. The molecule has 3 rings (SSSR count). The molecule has 0 bridgehead atoms. The van der Waals surface area contributed by atoms with Crippen molar-refractivity contribution in [3.63, 3.8) is 0 Å². The lowest BCUT2D eigenvalue weighted by Gasteiger charge is -2.33. The summed E-state index contributed by atoms with van der Waals surface area (Å²) in [6, 6.07) is 20.0. The quantitative estimate of drug-likeness (QED) is 0.623. The molecule has 0 aliphatic carbocycles. The zero-order valence-electron chi connectivity index (χ0n) is 12.7. The van der Waals surface area contributed by atoms with E-state index in [0.717, 1.165) is 11.3 Å². The van der Waals surface area contributed by atoms with Crippen molar-refractivity contribution in [2.24, 2.45) is 0 Å². The predicted octanol–water partition coefficient (Wildman–Crippen LogP) is 5.20. The molecule has 2 aromatic carbocycles. The lowest BCUT2D eigenvalue weighted by atomic mass is 9.84. The first kappa shape index (κ1) is 16.3. The van der Waals surface area contributed by atoms with Crippen LogP contribution in [-0.2, 0) is 5.54 Å². The van der Waals surface area contributed by atoms with Gasteiger partial charge in [-0.15, -0.1) is 11.3 Å². The van der Waals surface area contributed by atoms with Gasteiger partial charge in [0.1, 0.15) is 0 Å². The van der Waals surface area contributed by atoms with Crippen LogP contribution in [0.5, 0.6) is 0 Å². The van der Waals surface area contributed by atoms with Gasteiger partial charge in [-0.1, -0.05) is 54.6 Å². The Labute approximate surface area is 142 Å². The number of alkyl halides is 2. The number of rotatable bonds is 6. The van der Waals surface area contributed by atoms with E-state index in [1.54, 1.807) is 78.2 Å². The molecular formula is C19H15F2NOS. The topological polar surface area (TPSA) is 29.1 Å². The number of halogens is 2. The molecule has 0 saturated carbocycles. The van der Waals surface area contributed by atoms with Crippen LogP contribution >= 0.6 is 11.3 Å². The first-order valence-corrected chi connectivity index (χ1v) is 8.28. The molecule has 1 heterocycles. The molecule has 1 aromatic heterocycles. The molecule has 0 fully saturated rings. The van der Waals surface area contributed by atoms with Crippen molar-refractivity contribution in [2.45, 2.75) is 12.0 Å². The fraction of sp³-hybridized carbons (Fsp3) is 0.105. The molecule has 0 aliphatic heterocycles. The number of benzene rings is 2. The van der Waals surface area contributed by atoms with Crippen LogP contribution in [0.25, 0.3) is 0 Å². The number of para-hydroxylation sites is 1. The van der Waals surface area contributed by atoms with Crippen LogP contribution in [0.15, 0.2) is 78.2 Å². The summed E-state index contributed by atoms with van der Waals surface area (Å²) in [5, 5.41) is 4.51. The van der Waals surface area contributed by atoms with Gasteiger partial charge in [-0.3, -0.25) is 4.79 Å². The molecule has 122 valence electrons. The van der Waals surface area contributed by atoms with Crippen molar-refractivity contribution in [3.8, 4) is 0 Å². The van der Waals surface area contributed by atoms with Crippen LogP contribution < -0.4 is 5.32 Å². The molecule has 1 atom stereocenters. The predicted molar refractivity (Wildman–Crippen MR) is 92.8 cm³/mol. The van der Waals surface area contributed by atoms with E-state index >= 15 is 0 Å². The van der Waals surface area contributed by atoms with E-state index in [9.17, 15) is 13.6 Å². The Balaban J connectivity index is 2.16. The van der Waals surface area contributed by atoms with Gasteiger partial charge in [0, 0.05) is 5.69 Å². The highest BCUT2D eigenvalue weighted by molar-refractivity contribution is 7.12. The molecule has 1 unspecified atom stereocenters. The third-order valence-corrected chi connectivity index (χ3v) is 4.64. The Bertz CT molecular complexity index is 791. The lowest BCUT2D eigenvalue weighted by Crippen LogP contribution is -2.49. The summed E-state index contributed by atoms with van der Waals surface area (Å²) in [4.78, 5) is 13.3. The van der Waals surface area contributed by atoms with E-state index in [-0.39, 0.29) is 5.56 Å². The number of carbonyl (C=O) groups excluding carboxylic acids is 1. The van der Waals surface area contributed by atoms with Crippen LogP contribution in [-0.4, -0.2) is 12.2 Å².